The molecule has 39 heavy (non-hydrogen) atoms. The van der Waals surface area contributed by atoms with E-state index in [1.807, 2.05) is 24.3 Å². The number of fused-ring (bicyclic) bond motifs is 1. The number of anilines is 2. The van der Waals surface area contributed by atoms with Gasteiger partial charge in [0.15, 0.2) is 5.82 Å². The van der Waals surface area contributed by atoms with Crippen molar-refractivity contribution in [1.29, 1.82) is 0 Å². The van der Waals surface area contributed by atoms with Crippen molar-refractivity contribution in [2.75, 3.05) is 37.4 Å². The first-order valence-electron chi connectivity index (χ1n) is 13.9. The lowest BCUT2D eigenvalue weighted by molar-refractivity contribution is 0.202. The highest BCUT2D eigenvalue weighted by molar-refractivity contribution is 5.95. The average Bonchev–Trinajstić information content (AvgIpc) is 3.46. The van der Waals surface area contributed by atoms with E-state index < -0.39 is 0 Å². The third-order valence-corrected chi connectivity index (χ3v) is 7.14. The van der Waals surface area contributed by atoms with E-state index in [4.69, 9.17) is 9.47 Å². The zero-order valence-corrected chi connectivity index (χ0v) is 22.9. The fraction of sp³-hybridized carbons (Fsp3) is 0.433. The number of hydrogen-bond donors (Lipinski definition) is 2. The number of hydrogen-bond acceptors (Lipinski definition) is 7. The van der Waals surface area contributed by atoms with Gasteiger partial charge in [0.05, 0.1) is 26.0 Å². The molecule has 0 radical (unpaired) electrons. The average molecular weight is 531 g/mol. The largest absolute Gasteiger partial charge is 0.497 e. The lowest BCUT2D eigenvalue weighted by Gasteiger charge is -2.30. The summed E-state index contributed by atoms with van der Waals surface area (Å²) >= 11 is 0. The first kappa shape index (κ1) is 26.7. The van der Waals surface area contributed by atoms with Crippen LogP contribution in [0.15, 0.2) is 48.5 Å². The van der Waals surface area contributed by atoms with Gasteiger partial charge in [0, 0.05) is 19.6 Å². The maximum Gasteiger partial charge on any atom is 0.322 e. The van der Waals surface area contributed by atoms with Crippen LogP contribution < -0.4 is 20.1 Å². The van der Waals surface area contributed by atoms with Gasteiger partial charge >= 0.3 is 12.0 Å². The van der Waals surface area contributed by atoms with Crippen molar-refractivity contribution in [3.63, 3.8) is 0 Å². The molecule has 3 aromatic rings. The Balaban J connectivity index is 1.32. The van der Waals surface area contributed by atoms with Crippen molar-refractivity contribution in [3.05, 3.63) is 70.9 Å². The number of benzene rings is 2. The zero-order valence-electron chi connectivity index (χ0n) is 22.9. The summed E-state index contributed by atoms with van der Waals surface area (Å²) in [5.41, 5.74) is 4.80. The number of unbranched alkanes of at least 4 members (excludes halogenated alkanes) is 1. The van der Waals surface area contributed by atoms with E-state index in [1.165, 1.54) is 18.4 Å². The molecule has 2 aliphatic rings. The number of nitrogens with one attached hydrogen (secondary N) is 2. The number of carbonyl (C=O) groups excluding carboxylic acids is 1. The van der Waals surface area contributed by atoms with Gasteiger partial charge in [-0.2, -0.15) is 9.97 Å². The van der Waals surface area contributed by atoms with Crippen molar-refractivity contribution in [2.45, 2.75) is 58.8 Å². The van der Waals surface area contributed by atoms with Crippen LogP contribution in [0.2, 0.25) is 0 Å². The normalized spacial score (nSPS) is 15.1. The van der Waals surface area contributed by atoms with Gasteiger partial charge in [-0.15, -0.1) is 0 Å². The number of rotatable bonds is 12. The van der Waals surface area contributed by atoms with Crippen LogP contribution in [0, 0.1) is 0 Å². The Morgan fingerprint density at radius 3 is 2.51 bits per heavy atom. The van der Waals surface area contributed by atoms with Crippen LogP contribution in [-0.2, 0) is 26.2 Å². The van der Waals surface area contributed by atoms with E-state index in [2.05, 4.69) is 56.7 Å². The molecule has 5 rings (SSSR count). The predicted octanol–water partition coefficient (Wildman–Crippen LogP) is 5.42. The summed E-state index contributed by atoms with van der Waals surface area (Å²) in [7, 11) is 1.65. The molecule has 2 aromatic carbocycles. The van der Waals surface area contributed by atoms with Crippen LogP contribution in [0.3, 0.4) is 0 Å². The molecule has 0 saturated carbocycles. The number of aromatic nitrogens is 2. The van der Waals surface area contributed by atoms with Gasteiger partial charge in [-0.3, -0.25) is 4.90 Å². The Labute approximate surface area is 230 Å². The lowest BCUT2D eigenvalue weighted by Crippen LogP contribution is -2.39. The summed E-state index contributed by atoms with van der Waals surface area (Å²) in [5.74, 6) is 1.36. The van der Waals surface area contributed by atoms with Gasteiger partial charge in [-0.25, -0.2) is 4.79 Å². The first-order chi connectivity index (χ1) is 19.1. The van der Waals surface area contributed by atoms with E-state index in [9.17, 15) is 4.79 Å². The van der Waals surface area contributed by atoms with Crippen LogP contribution >= 0.6 is 0 Å². The van der Waals surface area contributed by atoms with Crippen LogP contribution in [0.1, 0.15) is 55.0 Å². The lowest BCUT2D eigenvalue weighted by atomic mass is 10.1. The quantitative estimate of drug-likeness (QED) is 0.302. The first-order valence-corrected chi connectivity index (χ1v) is 13.9. The van der Waals surface area contributed by atoms with Crippen LogP contribution in [0.5, 0.6) is 11.8 Å². The van der Waals surface area contributed by atoms with Gasteiger partial charge in [-0.05, 0) is 61.2 Å². The summed E-state index contributed by atoms with van der Waals surface area (Å²) in [6.07, 6.45) is 4.49. The fourth-order valence-corrected chi connectivity index (χ4v) is 4.97. The number of methoxy groups -OCH3 is 1. The number of carbonyl (C=O) groups is 1. The number of likely N-dealkylation sites (tertiary alicyclic amines) is 1. The molecule has 0 spiro atoms. The minimum Gasteiger partial charge on any atom is -0.497 e. The molecule has 2 amide bonds. The molecule has 206 valence electrons. The Morgan fingerprint density at radius 2 is 1.77 bits per heavy atom. The Bertz CT molecular complexity index is 1260. The van der Waals surface area contributed by atoms with Gasteiger partial charge in [-0.1, -0.05) is 49.7 Å². The van der Waals surface area contributed by atoms with E-state index in [0.29, 0.717) is 43.8 Å². The topological polar surface area (TPSA) is 91.8 Å². The molecule has 1 fully saturated rings. The van der Waals surface area contributed by atoms with E-state index in [0.717, 1.165) is 55.0 Å². The van der Waals surface area contributed by atoms with Gasteiger partial charge in [0.1, 0.15) is 11.4 Å². The van der Waals surface area contributed by atoms with Crippen molar-refractivity contribution < 1.29 is 14.3 Å². The SMILES string of the molecule is CCCCOc1nc2c(c(NCc3ccc(OC)cc3)n1)NC(=O)N(Cc1cccc(CN3CCCC3)c1)C2. The highest BCUT2D eigenvalue weighted by Gasteiger charge is 2.28. The zero-order chi connectivity index (χ0) is 27.0. The highest BCUT2D eigenvalue weighted by Crippen LogP contribution is 2.32. The molecule has 1 saturated heterocycles. The number of nitrogens with zero attached hydrogens (tertiary/aromatic N) is 4. The molecule has 2 N–H and O–H groups in total. The number of ether oxygens (including phenoxy) is 2. The smallest absolute Gasteiger partial charge is 0.322 e. The minimum absolute atomic E-state index is 0.164. The molecule has 1 aromatic heterocycles. The van der Waals surface area contributed by atoms with Gasteiger partial charge in [0.2, 0.25) is 0 Å². The maximum absolute atomic E-state index is 13.2. The Morgan fingerprint density at radius 1 is 1.00 bits per heavy atom. The van der Waals surface area contributed by atoms with Crippen molar-refractivity contribution in [1.82, 2.24) is 19.8 Å². The van der Waals surface area contributed by atoms with Gasteiger partial charge < -0.3 is 25.0 Å². The second-order valence-electron chi connectivity index (χ2n) is 10.2. The molecule has 3 heterocycles. The Kier molecular flexibility index (Phi) is 8.78. The number of amides is 2. The summed E-state index contributed by atoms with van der Waals surface area (Å²) in [6, 6.07) is 16.5. The third kappa shape index (κ3) is 6.97. The molecule has 0 unspecified atom stereocenters. The van der Waals surface area contributed by atoms with E-state index in [-0.39, 0.29) is 6.03 Å². The maximum atomic E-state index is 13.2. The second-order valence-corrected chi connectivity index (χ2v) is 10.2. The third-order valence-electron chi connectivity index (χ3n) is 7.14. The van der Waals surface area contributed by atoms with Gasteiger partial charge in [0.25, 0.3) is 0 Å². The standard InChI is InChI=1S/C30H38N6O3/c1-3-4-16-39-29-32-26-21-36(20-24-9-7-8-23(17-24)19-35-14-5-6-15-35)30(37)33-27(26)28(34-29)31-18-22-10-12-25(38-2)13-11-22/h7-13,17H,3-6,14-16,18-21H2,1-2H3,(H,33,37)(H,31,32,34). The van der Waals surface area contributed by atoms with E-state index >= 15 is 0 Å². The van der Waals surface area contributed by atoms with Crippen molar-refractivity contribution in [3.8, 4) is 11.8 Å². The van der Waals surface area contributed by atoms with Crippen LogP contribution in [-0.4, -0.2) is 52.6 Å². The summed E-state index contributed by atoms with van der Waals surface area (Å²) in [4.78, 5) is 26.8. The number of urea groups is 1. The molecule has 0 atom stereocenters. The van der Waals surface area contributed by atoms with Crippen molar-refractivity contribution >= 4 is 17.5 Å². The molecular weight excluding hydrogens is 492 g/mol. The molecule has 9 nitrogen and oxygen atoms in total. The summed E-state index contributed by atoms with van der Waals surface area (Å²) in [5, 5.41) is 6.41. The summed E-state index contributed by atoms with van der Waals surface area (Å²) in [6.45, 7) is 7.35. The fourth-order valence-electron chi connectivity index (χ4n) is 4.97. The second kappa shape index (κ2) is 12.8. The summed E-state index contributed by atoms with van der Waals surface area (Å²) < 4.78 is 11.1. The molecule has 0 bridgehead atoms. The predicted molar refractivity (Wildman–Crippen MR) is 152 cm³/mol. The minimum atomic E-state index is -0.164. The van der Waals surface area contributed by atoms with Crippen molar-refractivity contribution in [2.24, 2.45) is 0 Å². The van der Waals surface area contributed by atoms with Crippen LogP contribution in [0.4, 0.5) is 16.3 Å². The Hall–Kier alpha value is -3.85. The molecular formula is C30H38N6O3. The van der Waals surface area contributed by atoms with Crippen LogP contribution in [0.25, 0.3) is 0 Å². The molecule has 2 aliphatic heterocycles. The highest BCUT2D eigenvalue weighted by atomic mass is 16.5. The molecule has 9 heteroatoms. The monoisotopic (exact) mass is 530 g/mol. The van der Waals surface area contributed by atoms with E-state index in [1.54, 1.807) is 12.0 Å². The molecule has 0 aliphatic carbocycles.